The number of nitrogens with zero attached hydrogens (tertiary/aromatic N) is 2. The highest BCUT2D eigenvalue weighted by molar-refractivity contribution is 14.0. The molecule has 1 aromatic carbocycles. The van der Waals surface area contributed by atoms with E-state index < -0.39 is 5.60 Å². The van der Waals surface area contributed by atoms with Crippen molar-refractivity contribution in [2.75, 3.05) is 59.1 Å². The lowest BCUT2D eigenvalue weighted by Crippen LogP contribution is -2.48. The van der Waals surface area contributed by atoms with Crippen molar-refractivity contribution in [3.63, 3.8) is 0 Å². The zero-order valence-electron chi connectivity index (χ0n) is 18.0. The maximum atomic E-state index is 12.9. The fraction of sp³-hybridized carbons (Fsp3) is 0.667. The van der Waals surface area contributed by atoms with Crippen molar-refractivity contribution in [3.05, 3.63) is 30.1 Å². The van der Waals surface area contributed by atoms with Crippen LogP contribution in [0.1, 0.15) is 26.7 Å². The van der Waals surface area contributed by atoms with Gasteiger partial charge in [0.1, 0.15) is 11.6 Å². The first-order valence-corrected chi connectivity index (χ1v) is 10.4. The third-order valence-corrected chi connectivity index (χ3v) is 4.54. The van der Waals surface area contributed by atoms with Crippen molar-refractivity contribution in [2.45, 2.75) is 32.3 Å². The lowest BCUT2D eigenvalue weighted by Gasteiger charge is -2.33. The van der Waals surface area contributed by atoms with Gasteiger partial charge in [0.25, 0.3) is 0 Å². The Morgan fingerprint density at radius 3 is 2.60 bits per heavy atom. The predicted octanol–water partition coefficient (Wildman–Crippen LogP) is 2.24. The molecule has 0 radical (unpaired) electrons. The number of ether oxygens (including phenoxy) is 2. The molecule has 1 atom stereocenters. The van der Waals surface area contributed by atoms with Gasteiger partial charge in [0, 0.05) is 32.7 Å². The molecule has 0 bridgehead atoms. The topological polar surface area (TPSA) is 78.4 Å². The second-order valence-corrected chi connectivity index (χ2v) is 7.52. The summed E-state index contributed by atoms with van der Waals surface area (Å²) in [6.07, 6.45) is 1.79. The number of aliphatic imine (C=N–C) groups is 1. The summed E-state index contributed by atoms with van der Waals surface area (Å²) in [6.45, 7) is 9.96. The highest BCUT2D eigenvalue weighted by atomic mass is 127. The van der Waals surface area contributed by atoms with Crippen LogP contribution in [0.3, 0.4) is 0 Å². The molecule has 30 heavy (non-hydrogen) atoms. The van der Waals surface area contributed by atoms with Crippen molar-refractivity contribution in [3.8, 4) is 5.75 Å². The molecule has 1 saturated heterocycles. The van der Waals surface area contributed by atoms with Crippen LogP contribution in [0.25, 0.3) is 0 Å². The number of morpholine rings is 1. The Hall–Kier alpha value is -1.17. The van der Waals surface area contributed by atoms with E-state index in [0.29, 0.717) is 44.6 Å². The molecule has 0 saturated carbocycles. The van der Waals surface area contributed by atoms with E-state index in [4.69, 9.17) is 9.47 Å². The van der Waals surface area contributed by atoms with E-state index in [-0.39, 0.29) is 29.8 Å². The number of aliphatic hydroxyl groups is 1. The highest BCUT2D eigenvalue weighted by Gasteiger charge is 2.25. The summed E-state index contributed by atoms with van der Waals surface area (Å²) in [5, 5.41) is 17.2. The van der Waals surface area contributed by atoms with Crippen molar-refractivity contribution in [1.29, 1.82) is 0 Å². The number of halogens is 2. The van der Waals surface area contributed by atoms with Gasteiger partial charge in [-0.05, 0) is 51.0 Å². The Morgan fingerprint density at radius 2 is 1.93 bits per heavy atom. The highest BCUT2D eigenvalue weighted by Crippen LogP contribution is 2.11. The predicted molar refractivity (Wildman–Crippen MR) is 128 cm³/mol. The van der Waals surface area contributed by atoms with Crippen LogP contribution in [0.15, 0.2) is 29.3 Å². The second kappa shape index (κ2) is 14.8. The van der Waals surface area contributed by atoms with E-state index in [1.165, 1.54) is 12.1 Å². The first-order chi connectivity index (χ1) is 14.0. The Morgan fingerprint density at radius 1 is 1.23 bits per heavy atom. The molecular formula is C21H36FIN4O3. The minimum Gasteiger partial charge on any atom is -0.494 e. The first kappa shape index (κ1) is 26.9. The number of unbranched alkanes of at least 4 members (excludes halogenated alkanes) is 1. The standard InChI is InChI=1S/C21H35FN4O3.HI/c1-3-23-20(25-16-21(2,27)17-26-11-14-28-15-12-26)24-10-4-5-13-29-19-8-6-18(22)7-9-19;/h6-9,27H,3-5,10-17H2,1-2H3,(H2,23,24,25);1H. The largest absolute Gasteiger partial charge is 0.494 e. The maximum absolute atomic E-state index is 12.9. The molecule has 1 fully saturated rings. The third kappa shape index (κ3) is 11.3. The van der Waals surface area contributed by atoms with Gasteiger partial charge in [0.05, 0.1) is 32.0 Å². The number of hydrogen-bond acceptors (Lipinski definition) is 5. The van der Waals surface area contributed by atoms with Gasteiger partial charge >= 0.3 is 0 Å². The molecule has 0 aromatic heterocycles. The smallest absolute Gasteiger partial charge is 0.191 e. The van der Waals surface area contributed by atoms with Gasteiger partial charge < -0.3 is 25.2 Å². The molecule has 1 aromatic rings. The molecule has 3 N–H and O–H groups in total. The number of rotatable bonds is 11. The Labute approximate surface area is 196 Å². The SMILES string of the molecule is CCNC(=NCC(C)(O)CN1CCOCC1)NCCCCOc1ccc(F)cc1.I. The van der Waals surface area contributed by atoms with E-state index in [1.54, 1.807) is 12.1 Å². The Bertz CT molecular complexity index is 611. The summed E-state index contributed by atoms with van der Waals surface area (Å²) in [5.74, 6) is 1.12. The van der Waals surface area contributed by atoms with E-state index in [2.05, 4.69) is 20.5 Å². The van der Waals surface area contributed by atoms with Crippen LogP contribution < -0.4 is 15.4 Å². The van der Waals surface area contributed by atoms with Gasteiger partial charge in [-0.15, -0.1) is 24.0 Å². The first-order valence-electron chi connectivity index (χ1n) is 10.4. The average molecular weight is 538 g/mol. The van der Waals surface area contributed by atoms with Crippen molar-refractivity contribution < 1.29 is 19.0 Å². The number of guanidine groups is 1. The summed E-state index contributed by atoms with van der Waals surface area (Å²) in [5.41, 5.74) is -0.886. The van der Waals surface area contributed by atoms with E-state index in [0.717, 1.165) is 39.0 Å². The van der Waals surface area contributed by atoms with E-state index >= 15 is 0 Å². The summed E-state index contributed by atoms with van der Waals surface area (Å²) < 4.78 is 23.8. The third-order valence-electron chi connectivity index (χ3n) is 4.54. The number of hydrogen-bond donors (Lipinski definition) is 3. The average Bonchev–Trinajstić information content (AvgIpc) is 2.70. The molecule has 1 aliphatic heterocycles. The van der Waals surface area contributed by atoms with Crippen molar-refractivity contribution >= 4 is 29.9 Å². The van der Waals surface area contributed by atoms with E-state index in [9.17, 15) is 9.50 Å². The van der Waals surface area contributed by atoms with Crippen LogP contribution in [0.4, 0.5) is 4.39 Å². The summed E-state index contributed by atoms with van der Waals surface area (Å²) in [7, 11) is 0. The Kier molecular flexibility index (Phi) is 13.2. The molecule has 2 rings (SSSR count). The molecule has 1 heterocycles. The molecule has 0 aliphatic carbocycles. The molecule has 172 valence electrons. The molecular weight excluding hydrogens is 502 g/mol. The fourth-order valence-corrected chi connectivity index (χ4v) is 3.04. The zero-order chi connectivity index (χ0) is 21.0. The Balaban J connectivity index is 0.00000450. The van der Waals surface area contributed by atoms with Gasteiger partial charge in [-0.3, -0.25) is 9.89 Å². The van der Waals surface area contributed by atoms with Crippen LogP contribution >= 0.6 is 24.0 Å². The van der Waals surface area contributed by atoms with Gasteiger partial charge in [-0.25, -0.2) is 4.39 Å². The van der Waals surface area contributed by atoms with Crippen LogP contribution in [0.2, 0.25) is 0 Å². The van der Waals surface area contributed by atoms with Gasteiger partial charge in [-0.1, -0.05) is 0 Å². The quantitative estimate of drug-likeness (QED) is 0.174. The molecule has 7 nitrogen and oxygen atoms in total. The normalized spacial score (nSPS) is 17.0. The van der Waals surface area contributed by atoms with E-state index in [1.807, 2.05) is 13.8 Å². The van der Waals surface area contributed by atoms with Crippen molar-refractivity contribution in [1.82, 2.24) is 15.5 Å². The fourth-order valence-electron chi connectivity index (χ4n) is 3.04. The summed E-state index contributed by atoms with van der Waals surface area (Å²) >= 11 is 0. The minimum atomic E-state index is -0.886. The summed E-state index contributed by atoms with van der Waals surface area (Å²) in [6, 6.07) is 6.05. The second-order valence-electron chi connectivity index (χ2n) is 7.52. The van der Waals surface area contributed by atoms with Crippen LogP contribution in [0, 0.1) is 5.82 Å². The number of β-amino-alcohol motifs (C(OH)–C–C–N with tert-alkyl or cyclic N) is 1. The van der Waals surface area contributed by atoms with Gasteiger partial charge in [-0.2, -0.15) is 0 Å². The molecule has 9 heteroatoms. The molecule has 1 unspecified atom stereocenters. The summed E-state index contributed by atoms with van der Waals surface area (Å²) in [4.78, 5) is 6.75. The lowest BCUT2D eigenvalue weighted by molar-refractivity contribution is -0.0179. The van der Waals surface area contributed by atoms with Crippen LogP contribution in [0.5, 0.6) is 5.75 Å². The maximum Gasteiger partial charge on any atom is 0.191 e. The van der Waals surface area contributed by atoms with Crippen LogP contribution in [-0.2, 0) is 4.74 Å². The molecule has 1 aliphatic rings. The molecule has 0 amide bonds. The minimum absolute atomic E-state index is 0. The number of benzene rings is 1. The van der Waals surface area contributed by atoms with Gasteiger partial charge in [0.2, 0.25) is 0 Å². The lowest BCUT2D eigenvalue weighted by atomic mass is 10.1. The number of nitrogens with one attached hydrogen (secondary N) is 2. The monoisotopic (exact) mass is 538 g/mol. The molecule has 0 spiro atoms. The zero-order valence-corrected chi connectivity index (χ0v) is 20.4. The van der Waals surface area contributed by atoms with Gasteiger partial charge in [0.15, 0.2) is 5.96 Å². The van der Waals surface area contributed by atoms with Crippen LogP contribution in [-0.4, -0.2) is 80.7 Å². The van der Waals surface area contributed by atoms with Crippen molar-refractivity contribution in [2.24, 2.45) is 4.99 Å².